The van der Waals surface area contributed by atoms with Crippen molar-refractivity contribution in [1.82, 2.24) is 15.5 Å². The number of hydrogen-bond donors (Lipinski definition) is 2. The fourth-order valence-electron chi connectivity index (χ4n) is 3.52. The first-order valence-corrected chi connectivity index (χ1v) is 8.55. The first kappa shape index (κ1) is 17.4. The molecule has 1 atom stereocenters. The number of piperidine rings is 1. The van der Waals surface area contributed by atoms with Crippen LogP contribution in [0.25, 0.3) is 0 Å². The van der Waals surface area contributed by atoms with E-state index < -0.39 is 17.5 Å². The van der Waals surface area contributed by atoms with Crippen LogP contribution in [0.2, 0.25) is 0 Å². The maximum atomic E-state index is 13.9. The Hall–Kier alpha value is -2.44. The van der Waals surface area contributed by atoms with Crippen molar-refractivity contribution in [1.29, 1.82) is 0 Å². The number of urea groups is 1. The highest BCUT2D eigenvalue weighted by atomic mass is 19.1. The summed E-state index contributed by atoms with van der Waals surface area (Å²) in [4.78, 5) is 37.2. The third kappa shape index (κ3) is 3.65. The second kappa shape index (κ2) is 6.82. The first-order chi connectivity index (χ1) is 11.9. The summed E-state index contributed by atoms with van der Waals surface area (Å²) in [5, 5.41) is 4.75. The predicted molar refractivity (Wildman–Crippen MR) is 89.3 cm³/mol. The van der Waals surface area contributed by atoms with E-state index in [1.165, 1.54) is 6.07 Å². The van der Waals surface area contributed by atoms with Crippen molar-refractivity contribution >= 4 is 17.8 Å². The van der Waals surface area contributed by atoms with Gasteiger partial charge in [0.05, 0.1) is 0 Å². The summed E-state index contributed by atoms with van der Waals surface area (Å²) in [5.74, 6) is -0.503. The van der Waals surface area contributed by atoms with Gasteiger partial charge in [-0.2, -0.15) is 0 Å². The first-order valence-electron chi connectivity index (χ1n) is 8.55. The number of likely N-dealkylation sites (tertiary alicyclic amines) is 1. The molecule has 1 unspecified atom stereocenters. The number of carbonyl (C=O) groups is 3. The van der Waals surface area contributed by atoms with Crippen molar-refractivity contribution in [3.8, 4) is 0 Å². The summed E-state index contributed by atoms with van der Waals surface area (Å²) >= 11 is 0. The summed E-state index contributed by atoms with van der Waals surface area (Å²) in [6, 6.07) is 6.26. The van der Waals surface area contributed by atoms with E-state index in [-0.39, 0.29) is 30.5 Å². The van der Waals surface area contributed by atoms with Crippen LogP contribution in [0.15, 0.2) is 24.3 Å². The summed E-state index contributed by atoms with van der Waals surface area (Å²) in [7, 11) is 0. The molecule has 0 spiro atoms. The van der Waals surface area contributed by atoms with Gasteiger partial charge in [0, 0.05) is 19.5 Å². The number of nitrogens with zero attached hydrogens (tertiary/aromatic N) is 1. The van der Waals surface area contributed by atoms with E-state index in [0.717, 1.165) is 12.8 Å². The van der Waals surface area contributed by atoms with Crippen molar-refractivity contribution in [2.24, 2.45) is 0 Å². The average molecular weight is 347 g/mol. The zero-order valence-electron chi connectivity index (χ0n) is 14.2. The van der Waals surface area contributed by atoms with Crippen LogP contribution in [-0.4, -0.2) is 41.4 Å². The molecular weight excluding hydrogens is 325 g/mol. The molecule has 2 saturated heterocycles. The Balaban J connectivity index is 1.51. The van der Waals surface area contributed by atoms with Crippen LogP contribution in [0.3, 0.4) is 0 Å². The van der Waals surface area contributed by atoms with Gasteiger partial charge in [0.25, 0.3) is 5.91 Å². The van der Waals surface area contributed by atoms with Crippen LogP contribution in [0, 0.1) is 5.82 Å². The minimum Gasteiger partial charge on any atom is -0.343 e. The fraction of sp³-hybridized carbons (Fsp3) is 0.500. The van der Waals surface area contributed by atoms with Gasteiger partial charge >= 0.3 is 6.03 Å². The quantitative estimate of drug-likeness (QED) is 0.817. The summed E-state index contributed by atoms with van der Waals surface area (Å²) in [6.45, 7) is 2.77. The monoisotopic (exact) mass is 347 g/mol. The number of imide groups is 1. The molecule has 0 aromatic heterocycles. The molecule has 1 aromatic rings. The third-order valence-corrected chi connectivity index (χ3v) is 5.15. The Labute approximate surface area is 145 Å². The van der Waals surface area contributed by atoms with Crippen molar-refractivity contribution in [3.63, 3.8) is 0 Å². The molecule has 0 saturated carbocycles. The van der Waals surface area contributed by atoms with Gasteiger partial charge in [-0.05, 0) is 43.7 Å². The van der Waals surface area contributed by atoms with E-state index in [4.69, 9.17) is 0 Å². The van der Waals surface area contributed by atoms with Crippen LogP contribution in [-0.2, 0) is 9.59 Å². The smallest absolute Gasteiger partial charge is 0.322 e. The molecule has 3 rings (SSSR count). The largest absolute Gasteiger partial charge is 0.343 e. The fourth-order valence-corrected chi connectivity index (χ4v) is 3.52. The number of benzene rings is 1. The molecule has 2 fully saturated rings. The highest BCUT2D eigenvalue weighted by Crippen LogP contribution is 2.30. The van der Waals surface area contributed by atoms with Gasteiger partial charge in [-0.25, -0.2) is 9.18 Å². The lowest BCUT2D eigenvalue weighted by atomic mass is 9.88. The molecule has 0 radical (unpaired) electrons. The summed E-state index contributed by atoms with van der Waals surface area (Å²) in [5.41, 5.74) is -0.314. The molecular formula is C18H22FN3O3. The van der Waals surface area contributed by atoms with Crippen LogP contribution in [0.5, 0.6) is 0 Å². The van der Waals surface area contributed by atoms with Crippen LogP contribution in [0.1, 0.15) is 44.1 Å². The lowest BCUT2D eigenvalue weighted by molar-refractivity contribution is -0.133. The molecule has 2 aliphatic rings. The Morgan fingerprint density at radius 3 is 2.56 bits per heavy atom. The van der Waals surface area contributed by atoms with E-state index >= 15 is 0 Å². The Morgan fingerprint density at radius 1 is 1.28 bits per heavy atom. The maximum absolute atomic E-state index is 13.9. The van der Waals surface area contributed by atoms with E-state index in [1.807, 2.05) is 6.07 Å². The average Bonchev–Trinajstić information content (AvgIpc) is 2.86. The standard InChI is InChI=1S/C18H22FN3O3/c1-18(16(24)20-17(25)21-18)9-6-15(23)22-10-7-12(8-11-22)13-4-2-3-5-14(13)19/h2-5,12H,6-11H2,1H3,(H2,20,21,24,25). The van der Waals surface area contributed by atoms with Crippen molar-refractivity contribution in [2.45, 2.75) is 44.1 Å². The molecule has 1 aromatic carbocycles. The number of amides is 4. The van der Waals surface area contributed by atoms with Gasteiger partial charge in [0.2, 0.25) is 5.91 Å². The molecule has 0 bridgehead atoms. The van der Waals surface area contributed by atoms with Gasteiger partial charge in [-0.1, -0.05) is 18.2 Å². The Bertz CT molecular complexity index is 701. The van der Waals surface area contributed by atoms with Crippen molar-refractivity contribution in [3.05, 3.63) is 35.6 Å². The molecule has 6 nitrogen and oxygen atoms in total. The highest BCUT2D eigenvalue weighted by molar-refractivity contribution is 6.06. The zero-order chi connectivity index (χ0) is 18.0. The van der Waals surface area contributed by atoms with Gasteiger partial charge in [-0.15, -0.1) is 0 Å². The molecule has 4 amide bonds. The molecule has 0 aliphatic carbocycles. The summed E-state index contributed by atoms with van der Waals surface area (Å²) in [6.07, 6.45) is 1.90. The summed E-state index contributed by atoms with van der Waals surface area (Å²) < 4.78 is 13.9. The lowest BCUT2D eigenvalue weighted by Gasteiger charge is -2.33. The number of halogens is 1. The highest BCUT2D eigenvalue weighted by Gasteiger charge is 2.42. The predicted octanol–water partition coefficient (Wildman–Crippen LogP) is 1.91. The second-order valence-electron chi connectivity index (χ2n) is 6.92. The maximum Gasteiger partial charge on any atom is 0.322 e. The van der Waals surface area contributed by atoms with Gasteiger partial charge in [0.1, 0.15) is 11.4 Å². The van der Waals surface area contributed by atoms with Crippen molar-refractivity contribution < 1.29 is 18.8 Å². The Morgan fingerprint density at radius 2 is 1.96 bits per heavy atom. The van der Waals surface area contributed by atoms with Crippen molar-refractivity contribution in [2.75, 3.05) is 13.1 Å². The normalized spacial score (nSPS) is 24.2. The molecule has 134 valence electrons. The van der Waals surface area contributed by atoms with Gasteiger partial charge in [-0.3, -0.25) is 14.9 Å². The number of hydrogen-bond acceptors (Lipinski definition) is 3. The molecule has 2 N–H and O–H groups in total. The topological polar surface area (TPSA) is 78.5 Å². The molecule has 2 aliphatic heterocycles. The van der Waals surface area contributed by atoms with E-state index in [0.29, 0.717) is 18.7 Å². The van der Waals surface area contributed by atoms with Crippen LogP contribution in [0.4, 0.5) is 9.18 Å². The van der Waals surface area contributed by atoms with Crippen LogP contribution >= 0.6 is 0 Å². The molecule has 25 heavy (non-hydrogen) atoms. The molecule has 2 heterocycles. The van der Waals surface area contributed by atoms with E-state index in [9.17, 15) is 18.8 Å². The molecule has 7 heteroatoms. The van der Waals surface area contributed by atoms with Crippen LogP contribution < -0.4 is 10.6 Å². The minimum absolute atomic E-state index is 0.0397. The SMILES string of the molecule is CC1(CCC(=O)N2CCC(c3ccccc3F)CC2)NC(=O)NC1=O. The Kier molecular flexibility index (Phi) is 4.74. The zero-order valence-corrected chi connectivity index (χ0v) is 14.2. The minimum atomic E-state index is -1.03. The van der Waals surface area contributed by atoms with Gasteiger partial charge < -0.3 is 10.2 Å². The van der Waals surface area contributed by atoms with E-state index in [2.05, 4.69) is 10.6 Å². The third-order valence-electron chi connectivity index (χ3n) is 5.15. The number of nitrogens with one attached hydrogen (secondary N) is 2. The lowest BCUT2D eigenvalue weighted by Crippen LogP contribution is -2.45. The van der Waals surface area contributed by atoms with E-state index in [1.54, 1.807) is 24.0 Å². The number of rotatable bonds is 4. The number of carbonyl (C=O) groups excluding carboxylic acids is 3. The second-order valence-corrected chi connectivity index (χ2v) is 6.92. The van der Waals surface area contributed by atoms with Gasteiger partial charge in [0.15, 0.2) is 0 Å².